The van der Waals surface area contributed by atoms with Crippen molar-refractivity contribution >= 4 is 40.2 Å². The van der Waals surface area contributed by atoms with Gasteiger partial charge in [0.1, 0.15) is 11.1 Å². The largest absolute Gasteiger partial charge is 0.462 e. The Morgan fingerprint density at radius 1 is 1.17 bits per heavy atom. The first kappa shape index (κ1) is 21.3. The molecule has 0 radical (unpaired) electrons. The second-order valence-corrected chi connectivity index (χ2v) is 7.63. The average molecular weight is 420 g/mol. The highest BCUT2D eigenvalue weighted by molar-refractivity contribution is 8.00. The molecule has 6 nitrogen and oxygen atoms in total. The van der Waals surface area contributed by atoms with E-state index < -0.39 is 5.97 Å². The molecule has 7 heteroatoms. The maximum Gasteiger partial charge on any atom is 0.338 e. The molecule has 152 valence electrons. The Bertz CT molecular complexity index is 1150. The maximum absolute atomic E-state index is 12.4. The molecule has 0 atom stereocenters. The summed E-state index contributed by atoms with van der Waals surface area (Å²) in [6.45, 7) is 6.07. The number of rotatable bonds is 6. The van der Waals surface area contributed by atoms with Crippen molar-refractivity contribution in [3.05, 3.63) is 64.7 Å². The maximum atomic E-state index is 12.4. The van der Waals surface area contributed by atoms with Crippen molar-refractivity contribution < 1.29 is 14.3 Å². The number of aryl methyl sites for hydroxylation is 2. The summed E-state index contributed by atoms with van der Waals surface area (Å²) in [6.07, 6.45) is 0. The van der Waals surface area contributed by atoms with Crippen LogP contribution in [0.1, 0.15) is 34.0 Å². The van der Waals surface area contributed by atoms with Gasteiger partial charge in [0.2, 0.25) is 5.91 Å². The number of thioether (sulfide) groups is 1. The van der Waals surface area contributed by atoms with Crippen molar-refractivity contribution in [2.24, 2.45) is 0 Å². The van der Waals surface area contributed by atoms with E-state index in [4.69, 9.17) is 4.74 Å². The third kappa shape index (κ3) is 4.78. The molecule has 0 fully saturated rings. The number of pyridine rings is 1. The van der Waals surface area contributed by atoms with Crippen molar-refractivity contribution in [3.8, 4) is 6.07 Å². The lowest BCUT2D eigenvalue weighted by molar-refractivity contribution is -0.113. The standard InChI is InChI=1S/C23H21N3O3S/c1-4-29-23(28)16-7-9-19(10-8-16)25-20(27)13-30-22-18(12-24)11-17-6-5-14(2)15(3)21(17)26-22/h5-11H,4,13H2,1-3H3,(H,25,27). The van der Waals surface area contributed by atoms with Gasteiger partial charge in [-0.05, 0) is 62.2 Å². The average Bonchev–Trinajstić information content (AvgIpc) is 2.75. The van der Waals surface area contributed by atoms with E-state index in [-0.39, 0.29) is 11.7 Å². The Hall–Kier alpha value is -3.37. The van der Waals surface area contributed by atoms with E-state index in [2.05, 4.69) is 16.4 Å². The van der Waals surface area contributed by atoms with Gasteiger partial charge in [0.15, 0.2) is 0 Å². The van der Waals surface area contributed by atoms with Crippen LogP contribution in [0.5, 0.6) is 0 Å². The minimum atomic E-state index is -0.400. The number of hydrogen-bond acceptors (Lipinski definition) is 6. The van der Waals surface area contributed by atoms with Crippen molar-refractivity contribution in [3.63, 3.8) is 0 Å². The number of ether oxygens (including phenoxy) is 1. The summed E-state index contributed by atoms with van der Waals surface area (Å²) in [5, 5.41) is 13.7. The molecule has 0 aliphatic carbocycles. The second kappa shape index (κ2) is 9.42. The predicted molar refractivity (Wildman–Crippen MR) is 118 cm³/mol. The lowest BCUT2D eigenvalue weighted by Gasteiger charge is -2.10. The van der Waals surface area contributed by atoms with Gasteiger partial charge in [0, 0.05) is 11.1 Å². The number of carbonyl (C=O) groups is 2. The third-order valence-electron chi connectivity index (χ3n) is 4.62. The van der Waals surface area contributed by atoms with Gasteiger partial charge in [-0.1, -0.05) is 23.9 Å². The quantitative estimate of drug-likeness (QED) is 0.463. The number of aromatic nitrogens is 1. The summed E-state index contributed by atoms with van der Waals surface area (Å²) in [4.78, 5) is 28.7. The number of carbonyl (C=O) groups excluding carboxylic acids is 2. The van der Waals surface area contributed by atoms with E-state index >= 15 is 0 Å². The van der Waals surface area contributed by atoms with E-state index in [1.165, 1.54) is 11.8 Å². The monoisotopic (exact) mass is 419 g/mol. The van der Waals surface area contributed by atoms with Crippen molar-refractivity contribution in [1.29, 1.82) is 5.26 Å². The molecule has 0 aliphatic rings. The Morgan fingerprint density at radius 3 is 2.57 bits per heavy atom. The molecule has 1 amide bonds. The van der Waals surface area contributed by atoms with Gasteiger partial charge in [0.25, 0.3) is 0 Å². The highest BCUT2D eigenvalue weighted by Crippen LogP contribution is 2.27. The zero-order chi connectivity index (χ0) is 21.7. The Labute approximate surface area is 179 Å². The Balaban J connectivity index is 1.70. The molecule has 30 heavy (non-hydrogen) atoms. The molecular weight excluding hydrogens is 398 g/mol. The first-order chi connectivity index (χ1) is 14.4. The van der Waals surface area contributed by atoms with E-state index in [1.54, 1.807) is 31.2 Å². The Kier molecular flexibility index (Phi) is 6.70. The summed E-state index contributed by atoms with van der Waals surface area (Å²) in [5.41, 5.74) is 4.47. The molecule has 0 saturated carbocycles. The number of nitrogens with zero attached hydrogens (tertiary/aromatic N) is 2. The summed E-state index contributed by atoms with van der Waals surface area (Å²) >= 11 is 1.22. The van der Waals surface area contributed by atoms with Crippen LogP contribution in [0.2, 0.25) is 0 Å². The van der Waals surface area contributed by atoms with Gasteiger partial charge in [0.05, 0.1) is 29.0 Å². The van der Waals surface area contributed by atoms with Gasteiger partial charge in [-0.15, -0.1) is 0 Å². The minimum Gasteiger partial charge on any atom is -0.462 e. The summed E-state index contributed by atoms with van der Waals surface area (Å²) in [5.74, 6) is -0.518. The van der Waals surface area contributed by atoms with Crippen molar-refractivity contribution in [2.45, 2.75) is 25.8 Å². The number of hydrogen-bond donors (Lipinski definition) is 1. The fourth-order valence-corrected chi connectivity index (χ4v) is 3.65. The molecule has 1 aromatic heterocycles. The van der Waals surface area contributed by atoms with Crippen LogP contribution in [0.15, 0.2) is 47.5 Å². The lowest BCUT2D eigenvalue weighted by atomic mass is 10.0. The molecule has 1 heterocycles. The van der Waals surface area contributed by atoms with Crippen molar-refractivity contribution in [2.75, 3.05) is 17.7 Å². The van der Waals surface area contributed by atoms with Crippen LogP contribution in [0.3, 0.4) is 0 Å². The fourth-order valence-electron chi connectivity index (χ4n) is 2.89. The topological polar surface area (TPSA) is 92.1 Å². The van der Waals surface area contributed by atoms with Crippen LogP contribution >= 0.6 is 11.8 Å². The van der Waals surface area contributed by atoms with Crippen LogP contribution < -0.4 is 5.32 Å². The van der Waals surface area contributed by atoms with E-state index in [0.717, 1.165) is 22.0 Å². The molecule has 0 saturated heterocycles. The molecule has 0 unspecified atom stereocenters. The van der Waals surface area contributed by atoms with Crippen molar-refractivity contribution in [1.82, 2.24) is 4.98 Å². The van der Waals surface area contributed by atoms with Crippen LogP contribution in [-0.2, 0) is 9.53 Å². The van der Waals surface area contributed by atoms with Gasteiger partial charge >= 0.3 is 5.97 Å². The molecular formula is C23H21N3O3S. The third-order valence-corrected chi connectivity index (χ3v) is 5.61. The zero-order valence-electron chi connectivity index (χ0n) is 17.0. The SMILES string of the molecule is CCOC(=O)c1ccc(NC(=O)CSc2nc3c(C)c(C)ccc3cc2C#N)cc1. The predicted octanol–water partition coefficient (Wildman–Crippen LogP) is 4.63. The number of nitrogens with one attached hydrogen (secondary N) is 1. The van der Waals surface area contributed by atoms with Crippen LogP contribution in [0.4, 0.5) is 5.69 Å². The van der Waals surface area contributed by atoms with Gasteiger partial charge in [-0.3, -0.25) is 4.79 Å². The lowest BCUT2D eigenvalue weighted by Crippen LogP contribution is -2.14. The number of nitriles is 1. The molecule has 0 spiro atoms. The number of anilines is 1. The summed E-state index contributed by atoms with van der Waals surface area (Å²) in [7, 11) is 0. The number of fused-ring (bicyclic) bond motifs is 1. The number of esters is 1. The first-order valence-corrected chi connectivity index (χ1v) is 10.4. The number of amides is 1. The minimum absolute atomic E-state index is 0.109. The van der Waals surface area contributed by atoms with Crippen LogP contribution in [-0.4, -0.2) is 29.2 Å². The summed E-state index contributed by atoms with van der Waals surface area (Å²) in [6, 6.07) is 14.4. The van der Waals surface area contributed by atoms with Crippen LogP contribution in [0.25, 0.3) is 10.9 Å². The fraction of sp³-hybridized carbons (Fsp3) is 0.217. The summed E-state index contributed by atoms with van der Waals surface area (Å²) < 4.78 is 4.94. The molecule has 3 aromatic rings. The van der Waals surface area contributed by atoms with E-state index in [0.29, 0.717) is 28.4 Å². The smallest absolute Gasteiger partial charge is 0.338 e. The molecule has 0 bridgehead atoms. The first-order valence-electron chi connectivity index (χ1n) is 9.43. The normalized spacial score (nSPS) is 10.5. The van der Waals surface area contributed by atoms with Crippen LogP contribution in [0, 0.1) is 25.2 Å². The molecule has 3 rings (SSSR count). The highest BCUT2D eigenvalue weighted by atomic mass is 32.2. The Morgan fingerprint density at radius 2 is 1.90 bits per heavy atom. The molecule has 0 aliphatic heterocycles. The second-order valence-electron chi connectivity index (χ2n) is 6.67. The van der Waals surface area contributed by atoms with Gasteiger partial charge in [-0.25, -0.2) is 9.78 Å². The molecule has 1 N–H and O–H groups in total. The highest BCUT2D eigenvalue weighted by Gasteiger charge is 2.13. The molecule has 2 aromatic carbocycles. The van der Waals surface area contributed by atoms with Gasteiger partial charge < -0.3 is 10.1 Å². The van der Waals surface area contributed by atoms with E-state index in [1.807, 2.05) is 32.0 Å². The zero-order valence-corrected chi connectivity index (χ0v) is 17.8. The van der Waals surface area contributed by atoms with Gasteiger partial charge in [-0.2, -0.15) is 5.26 Å². The van der Waals surface area contributed by atoms with E-state index in [9.17, 15) is 14.9 Å². The number of benzene rings is 2.